The predicted octanol–water partition coefficient (Wildman–Crippen LogP) is 3.20. The normalized spacial score (nSPS) is 17.2. The lowest BCUT2D eigenvalue weighted by atomic mass is 10.1. The summed E-state index contributed by atoms with van der Waals surface area (Å²) in [5.41, 5.74) is 3.65. The van der Waals surface area contributed by atoms with Gasteiger partial charge < -0.3 is 44.6 Å². The predicted molar refractivity (Wildman–Crippen MR) is 161 cm³/mol. The Kier molecular flexibility index (Phi) is 8.90. The number of rotatable bonds is 9. The quantitative estimate of drug-likeness (QED) is 0.160. The Morgan fingerprint density at radius 3 is 2.24 bits per heavy atom. The van der Waals surface area contributed by atoms with Crippen molar-refractivity contribution in [2.75, 3.05) is 23.3 Å². The zero-order valence-electron chi connectivity index (χ0n) is 23.2. The van der Waals surface area contributed by atoms with E-state index in [1.165, 1.54) is 28.8 Å². The fourth-order valence-corrected chi connectivity index (χ4v) is 8.14. The first-order chi connectivity index (χ1) is 21.0. The molecular formula is C26H28ClFN4O11P2. The maximum Gasteiger partial charge on any atom is 0.417 e. The van der Waals surface area contributed by atoms with Gasteiger partial charge in [-0.05, 0) is 43.4 Å². The highest BCUT2D eigenvalue weighted by molar-refractivity contribution is 7.70. The number of carboxylic acids is 1. The molecule has 2 aromatic carbocycles. The molecule has 45 heavy (non-hydrogen) atoms. The number of ether oxygens (including phenoxy) is 1. The number of amides is 1. The first kappa shape index (κ1) is 33.0. The topological polar surface area (TPSA) is 242 Å². The van der Waals surface area contributed by atoms with E-state index < -0.39 is 67.0 Å². The van der Waals surface area contributed by atoms with E-state index in [1.807, 2.05) is 0 Å². The first-order valence-corrected chi connectivity index (χ1v) is 17.2. The van der Waals surface area contributed by atoms with Crippen LogP contribution in [0.2, 0.25) is 5.02 Å². The van der Waals surface area contributed by atoms with E-state index in [-0.39, 0.29) is 46.2 Å². The SMILES string of the molecule is NC1CCN(c2c(F)c(NC(=O)Oc3ccc(CC(P(=O)(O)O)P(=O)(O)O)cc3)c3c(=O)c(C(=O)O)cn(C4CC4)c3c2Cl)C1. The van der Waals surface area contributed by atoms with Crippen LogP contribution in [0.25, 0.3) is 10.9 Å². The number of pyridine rings is 1. The summed E-state index contributed by atoms with van der Waals surface area (Å²) < 4.78 is 46.2. The molecule has 1 saturated carbocycles. The number of nitrogens with two attached hydrogens (primary N) is 1. The second-order valence-corrected chi connectivity index (χ2v) is 15.3. The van der Waals surface area contributed by atoms with Gasteiger partial charge in [-0.3, -0.25) is 19.2 Å². The van der Waals surface area contributed by atoms with E-state index in [9.17, 15) is 48.2 Å². The molecule has 0 radical (unpaired) electrons. The lowest BCUT2D eigenvalue weighted by Gasteiger charge is -2.25. The molecule has 5 rings (SSSR count). The molecule has 1 saturated heterocycles. The van der Waals surface area contributed by atoms with Crippen LogP contribution in [-0.2, 0) is 15.6 Å². The number of nitrogens with zero attached hydrogens (tertiary/aromatic N) is 2. The van der Waals surface area contributed by atoms with E-state index in [4.69, 9.17) is 22.1 Å². The summed E-state index contributed by atoms with van der Waals surface area (Å²) >= 11 is 6.73. The number of carbonyl (C=O) groups is 2. The van der Waals surface area contributed by atoms with Crippen LogP contribution in [0, 0.1) is 5.82 Å². The van der Waals surface area contributed by atoms with Gasteiger partial charge in [-0.2, -0.15) is 0 Å². The van der Waals surface area contributed by atoms with Crippen molar-refractivity contribution in [2.24, 2.45) is 5.73 Å². The number of nitrogens with one attached hydrogen (secondary N) is 1. The second kappa shape index (κ2) is 12.1. The minimum Gasteiger partial charge on any atom is -0.477 e. The Morgan fingerprint density at radius 1 is 1.11 bits per heavy atom. The summed E-state index contributed by atoms with van der Waals surface area (Å²) in [6, 6.07) is 4.25. The summed E-state index contributed by atoms with van der Waals surface area (Å²) in [4.78, 5) is 77.4. The van der Waals surface area contributed by atoms with Crippen molar-refractivity contribution >= 4 is 61.1 Å². The molecule has 0 bridgehead atoms. The number of carbonyl (C=O) groups excluding carboxylic acids is 1. The van der Waals surface area contributed by atoms with Crippen molar-refractivity contribution in [3.05, 3.63) is 62.7 Å². The highest BCUT2D eigenvalue weighted by Gasteiger charge is 2.43. The third kappa shape index (κ3) is 6.79. The van der Waals surface area contributed by atoms with Crippen molar-refractivity contribution in [2.45, 2.75) is 43.2 Å². The molecule has 2 aliphatic rings. The van der Waals surface area contributed by atoms with Crippen molar-refractivity contribution in [1.82, 2.24) is 4.57 Å². The van der Waals surface area contributed by atoms with Crippen molar-refractivity contribution in [3.8, 4) is 5.75 Å². The third-order valence-corrected chi connectivity index (χ3v) is 11.7. The van der Waals surface area contributed by atoms with E-state index in [0.717, 1.165) is 6.20 Å². The first-order valence-electron chi connectivity index (χ1n) is 13.5. The summed E-state index contributed by atoms with van der Waals surface area (Å²) in [5.74, 6) is -2.82. The van der Waals surface area contributed by atoms with Crippen molar-refractivity contribution in [1.29, 1.82) is 0 Å². The molecule has 8 N–H and O–H groups in total. The third-order valence-electron chi connectivity index (χ3n) is 7.60. The standard InChI is InChI=1S/C26H28ClFN4O11P2/c27-19-22-18(24(33)16(25(34)35)11-32(22)14-3-4-14)21(20(28)23(19)31-8-7-13(29)10-31)30-26(36)43-15-5-1-12(2-6-15)9-17(44(37,38)39)45(40,41)42/h1-2,5-6,11,13-14,17H,3-4,7-10,29H2,(H,30,36)(H,34,35)(H2,37,38,39)(H2,40,41,42). The van der Waals surface area contributed by atoms with Gasteiger partial charge in [0.25, 0.3) is 0 Å². The molecule has 1 aliphatic heterocycles. The summed E-state index contributed by atoms with van der Waals surface area (Å²) in [6.07, 6.45) is 1.00. The van der Waals surface area contributed by atoms with Gasteiger partial charge in [0.2, 0.25) is 5.43 Å². The molecule has 2 fully saturated rings. The summed E-state index contributed by atoms with van der Waals surface area (Å²) in [6.45, 7) is 0.551. The van der Waals surface area contributed by atoms with Crippen LogP contribution >= 0.6 is 26.8 Å². The van der Waals surface area contributed by atoms with E-state index in [2.05, 4.69) is 5.32 Å². The Labute approximate surface area is 258 Å². The van der Waals surface area contributed by atoms with Crippen LogP contribution < -0.4 is 26.1 Å². The molecule has 3 aromatic rings. The molecule has 1 aliphatic carbocycles. The van der Waals surface area contributed by atoms with Gasteiger partial charge in [0, 0.05) is 31.4 Å². The lowest BCUT2D eigenvalue weighted by Crippen LogP contribution is -2.29. The molecule has 1 atom stereocenters. The van der Waals surface area contributed by atoms with Crippen molar-refractivity contribution < 1.29 is 52.5 Å². The Balaban J connectivity index is 1.53. The average molecular weight is 689 g/mol. The smallest absolute Gasteiger partial charge is 0.417 e. The lowest BCUT2D eigenvalue weighted by molar-refractivity contribution is 0.0694. The fourth-order valence-electron chi connectivity index (χ4n) is 5.28. The monoisotopic (exact) mass is 688 g/mol. The van der Waals surface area contributed by atoms with Crippen LogP contribution in [0.15, 0.2) is 35.3 Å². The van der Waals surface area contributed by atoms with Gasteiger partial charge in [0.1, 0.15) is 11.3 Å². The Bertz CT molecular complexity index is 1830. The molecule has 15 nitrogen and oxygen atoms in total. The maximum absolute atomic E-state index is 16.3. The number of hydrogen-bond acceptors (Lipinski definition) is 8. The molecule has 2 heterocycles. The number of benzene rings is 2. The Hall–Kier alpha value is -3.33. The molecule has 242 valence electrons. The van der Waals surface area contributed by atoms with Gasteiger partial charge in [0.05, 0.1) is 27.3 Å². The van der Waals surface area contributed by atoms with Gasteiger partial charge in [-0.25, -0.2) is 14.0 Å². The molecule has 1 unspecified atom stereocenters. The van der Waals surface area contributed by atoms with E-state index in [0.29, 0.717) is 25.8 Å². The van der Waals surface area contributed by atoms with E-state index >= 15 is 4.39 Å². The van der Waals surface area contributed by atoms with Gasteiger partial charge in [0.15, 0.2) is 11.2 Å². The number of aromatic carboxylic acids is 1. The van der Waals surface area contributed by atoms with Crippen LogP contribution in [-0.4, -0.2) is 65.8 Å². The zero-order chi connectivity index (χ0) is 33.0. The molecule has 1 amide bonds. The van der Waals surface area contributed by atoms with Gasteiger partial charge in [-0.15, -0.1) is 0 Å². The minimum absolute atomic E-state index is 0.0374. The number of anilines is 2. The van der Waals surface area contributed by atoms with Crippen LogP contribution in [0.4, 0.5) is 20.6 Å². The average Bonchev–Trinajstić information content (AvgIpc) is 3.69. The summed E-state index contributed by atoms with van der Waals surface area (Å²) in [7, 11) is -10.4. The number of hydrogen-bond donors (Lipinski definition) is 7. The molecular weight excluding hydrogens is 661 g/mol. The van der Waals surface area contributed by atoms with Gasteiger partial charge in [-0.1, -0.05) is 23.7 Å². The van der Waals surface area contributed by atoms with Crippen molar-refractivity contribution in [3.63, 3.8) is 0 Å². The highest BCUT2D eigenvalue weighted by Crippen LogP contribution is 2.61. The maximum atomic E-state index is 16.3. The van der Waals surface area contributed by atoms with Crippen LogP contribution in [0.3, 0.4) is 0 Å². The fraction of sp³-hybridized carbons (Fsp3) is 0.346. The highest BCUT2D eigenvalue weighted by atomic mass is 35.5. The zero-order valence-corrected chi connectivity index (χ0v) is 25.7. The molecule has 0 spiro atoms. The number of aromatic nitrogens is 1. The van der Waals surface area contributed by atoms with Gasteiger partial charge >= 0.3 is 27.3 Å². The number of halogens is 2. The van der Waals surface area contributed by atoms with Crippen LogP contribution in [0.5, 0.6) is 5.75 Å². The minimum atomic E-state index is -5.18. The summed E-state index contributed by atoms with van der Waals surface area (Å²) in [5, 5.41) is 9.05. The second-order valence-electron chi connectivity index (χ2n) is 10.9. The molecule has 1 aromatic heterocycles. The van der Waals surface area contributed by atoms with E-state index in [1.54, 1.807) is 4.90 Å². The number of carboxylic acid groups (broad SMARTS) is 1. The molecule has 19 heteroatoms. The van der Waals surface area contributed by atoms with Crippen LogP contribution in [0.1, 0.15) is 41.2 Å². The number of fused-ring (bicyclic) bond motifs is 1. The Morgan fingerprint density at radius 2 is 1.73 bits per heavy atom. The largest absolute Gasteiger partial charge is 0.477 e.